The van der Waals surface area contributed by atoms with Crippen LogP contribution >= 0.6 is 0 Å². The van der Waals surface area contributed by atoms with Gasteiger partial charge in [0.05, 0.1) is 0 Å². The number of anilines is 2. The molecule has 0 aliphatic heterocycles. The molecule has 0 spiro atoms. The van der Waals surface area contributed by atoms with Crippen LogP contribution in [0.15, 0.2) is 6.07 Å². The van der Waals surface area contributed by atoms with Gasteiger partial charge in [-0.05, 0) is 13.3 Å². The van der Waals surface area contributed by atoms with Crippen LogP contribution in [-0.2, 0) is 4.79 Å². The lowest BCUT2D eigenvalue weighted by molar-refractivity contribution is -0.120. The van der Waals surface area contributed by atoms with Gasteiger partial charge in [0, 0.05) is 38.0 Å². The van der Waals surface area contributed by atoms with E-state index in [-0.39, 0.29) is 11.8 Å². The quantitative estimate of drug-likeness (QED) is 0.651. The summed E-state index contributed by atoms with van der Waals surface area (Å²) in [5.41, 5.74) is 0. The molecule has 1 aromatic rings. The first-order valence-electron chi connectivity index (χ1n) is 7.70. The largest absolute Gasteiger partial charge is 0.370 e. The van der Waals surface area contributed by atoms with Crippen LogP contribution < -0.4 is 16.0 Å². The minimum absolute atomic E-state index is 0.0486. The number of rotatable bonds is 9. The van der Waals surface area contributed by atoms with Crippen molar-refractivity contribution >= 4 is 17.5 Å². The van der Waals surface area contributed by atoms with Gasteiger partial charge in [0.15, 0.2) is 0 Å². The number of carbonyl (C=O) groups is 1. The molecule has 1 amide bonds. The Morgan fingerprint density at radius 1 is 1.14 bits per heavy atom. The lowest BCUT2D eigenvalue weighted by Gasteiger charge is -2.12. The first-order valence-corrected chi connectivity index (χ1v) is 7.70. The molecule has 1 rings (SSSR count). The summed E-state index contributed by atoms with van der Waals surface area (Å²) in [6, 6.07) is 1.89. The van der Waals surface area contributed by atoms with Crippen molar-refractivity contribution < 1.29 is 4.79 Å². The second kappa shape index (κ2) is 9.15. The van der Waals surface area contributed by atoms with Gasteiger partial charge in [0.25, 0.3) is 0 Å². The molecule has 0 atom stereocenters. The van der Waals surface area contributed by atoms with Gasteiger partial charge in [-0.25, -0.2) is 9.97 Å². The predicted octanol–water partition coefficient (Wildman–Crippen LogP) is 2.36. The molecule has 21 heavy (non-hydrogen) atoms. The molecule has 6 nitrogen and oxygen atoms in total. The summed E-state index contributed by atoms with van der Waals surface area (Å²) in [6.07, 6.45) is 1.48. The van der Waals surface area contributed by atoms with Crippen molar-refractivity contribution in [3.63, 3.8) is 0 Å². The molecule has 6 heteroatoms. The highest BCUT2D eigenvalue weighted by atomic mass is 16.1. The molecular formula is C15H27N5O. The average Bonchev–Trinajstić information content (AvgIpc) is 2.45. The van der Waals surface area contributed by atoms with Crippen molar-refractivity contribution in [1.29, 1.82) is 0 Å². The number of nitrogens with zero attached hydrogens (tertiary/aromatic N) is 2. The van der Waals surface area contributed by atoms with Crippen LogP contribution in [0.3, 0.4) is 0 Å². The van der Waals surface area contributed by atoms with Gasteiger partial charge in [0.2, 0.25) is 5.91 Å². The van der Waals surface area contributed by atoms with Crippen LogP contribution in [0, 0.1) is 0 Å². The molecule has 0 aliphatic rings. The lowest BCUT2D eigenvalue weighted by atomic mass is 10.2. The van der Waals surface area contributed by atoms with Crippen molar-refractivity contribution in [1.82, 2.24) is 15.3 Å². The first-order chi connectivity index (χ1) is 10.1. The van der Waals surface area contributed by atoms with Gasteiger partial charge in [-0.1, -0.05) is 20.8 Å². The van der Waals surface area contributed by atoms with E-state index in [1.54, 1.807) is 0 Å². The third-order valence-corrected chi connectivity index (χ3v) is 2.85. The first kappa shape index (κ1) is 17.2. The Morgan fingerprint density at radius 2 is 1.76 bits per heavy atom. The van der Waals surface area contributed by atoms with E-state index >= 15 is 0 Å². The normalized spacial score (nSPS) is 10.5. The third kappa shape index (κ3) is 6.42. The summed E-state index contributed by atoms with van der Waals surface area (Å²) in [5.74, 6) is 2.70. The molecule has 3 N–H and O–H groups in total. The highest BCUT2D eigenvalue weighted by Crippen LogP contribution is 2.17. The summed E-state index contributed by atoms with van der Waals surface area (Å²) in [7, 11) is 0. The van der Waals surface area contributed by atoms with E-state index in [1.165, 1.54) is 0 Å². The highest BCUT2D eigenvalue weighted by Gasteiger charge is 2.08. The molecule has 1 heterocycles. The van der Waals surface area contributed by atoms with Gasteiger partial charge in [0.1, 0.15) is 17.5 Å². The summed E-state index contributed by atoms with van der Waals surface area (Å²) in [4.78, 5) is 20.4. The fourth-order valence-corrected chi connectivity index (χ4v) is 1.75. The second-order valence-electron chi connectivity index (χ2n) is 5.21. The number of nitrogens with one attached hydrogen (secondary N) is 3. The smallest absolute Gasteiger partial charge is 0.221 e. The Bertz CT molecular complexity index is 448. The molecule has 0 unspecified atom stereocenters. The number of amides is 1. The van der Waals surface area contributed by atoms with E-state index in [9.17, 15) is 4.79 Å². The number of hydrogen-bond acceptors (Lipinski definition) is 5. The van der Waals surface area contributed by atoms with Crippen LogP contribution in [0.1, 0.15) is 52.3 Å². The number of carbonyl (C=O) groups excluding carboxylic acids is 1. The maximum atomic E-state index is 11.4. The molecule has 0 bridgehead atoms. The Labute approximate surface area is 127 Å². The van der Waals surface area contributed by atoms with E-state index in [0.717, 1.165) is 30.4 Å². The third-order valence-electron chi connectivity index (χ3n) is 2.85. The van der Waals surface area contributed by atoms with Crippen LogP contribution in [0.4, 0.5) is 11.6 Å². The lowest BCUT2D eigenvalue weighted by Crippen LogP contribution is -2.25. The Kier molecular flexibility index (Phi) is 7.50. The van der Waals surface area contributed by atoms with E-state index in [0.29, 0.717) is 19.5 Å². The molecule has 0 aliphatic carbocycles. The van der Waals surface area contributed by atoms with Crippen LogP contribution in [0.5, 0.6) is 0 Å². The van der Waals surface area contributed by atoms with Crippen molar-refractivity contribution in [2.45, 2.75) is 46.5 Å². The van der Waals surface area contributed by atoms with E-state index in [1.807, 2.05) is 13.0 Å². The van der Waals surface area contributed by atoms with Crippen molar-refractivity contribution in [3.05, 3.63) is 11.9 Å². The number of aromatic nitrogens is 2. The minimum Gasteiger partial charge on any atom is -0.370 e. The zero-order valence-electron chi connectivity index (χ0n) is 13.5. The van der Waals surface area contributed by atoms with Gasteiger partial charge in [-0.15, -0.1) is 0 Å². The van der Waals surface area contributed by atoms with Crippen molar-refractivity contribution in [3.8, 4) is 0 Å². The number of hydrogen-bond donors (Lipinski definition) is 3. The molecule has 118 valence electrons. The van der Waals surface area contributed by atoms with Gasteiger partial charge < -0.3 is 16.0 Å². The van der Waals surface area contributed by atoms with Gasteiger partial charge in [-0.2, -0.15) is 0 Å². The summed E-state index contributed by atoms with van der Waals surface area (Å²) in [5, 5.41) is 9.25. The van der Waals surface area contributed by atoms with E-state index < -0.39 is 0 Å². The highest BCUT2D eigenvalue weighted by molar-refractivity contribution is 5.76. The maximum Gasteiger partial charge on any atom is 0.221 e. The topological polar surface area (TPSA) is 78.9 Å². The molecule has 0 saturated carbocycles. The zero-order chi connectivity index (χ0) is 15.7. The minimum atomic E-state index is 0.0486. The molecular weight excluding hydrogens is 266 g/mol. The Hall–Kier alpha value is -1.85. The molecule has 0 saturated heterocycles. The Morgan fingerprint density at radius 3 is 2.29 bits per heavy atom. The SMILES string of the molecule is CCCNc1cc(NCCC(=O)NCC)nc(C(C)C)n1. The van der Waals surface area contributed by atoms with E-state index in [4.69, 9.17) is 0 Å². The zero-order valence-corrected chi connectivity index (χ0v) is 13.5. The summed E-state index contributed by atoms with van der Waals surface area (Å²) >= 11 is 0. The van der Waals surface area contributed by atoms with Crippen LogP contribution in [-0.4, -0.2) is 35.5 Å². The molecule has 0 fully saturated rings. The van der Waals surface area contributed by atoms with E-state index in [2.05, 4.69) is 46.7 Å². The van der Waals surface area contributed by atoms with Gasteiger partial charge in [-0.3, -0.25) is 4.79 Å². The van der Waals surface area contributed by atoms with Gasteiger partial charge >= 0.3 is 0 Å². The molecule has 0 aromatic carbocycles. The monoisotopic (exact) mass is 293 g/mol. The van der Waals surface area contributed by atoms with Crippen molar-refractivity contribution in [2.24, 2.45) is 0 Å². The van der Waals surface area contributed by atoms with Crippen molar-refractivity contribution in [2.75, 3.05) is 30.3 Å². The summed E-state index contributed by atoms with van der Waals surface area (Å²) in [6.45, 7) is 10.3. The van der Waals surface area contributed by atoms with Crippen LogP contribution in [0.25, 0.3) is 0 Å². The van der Waals surface area contributed by atoms with Crippen LogP contribution in [0.2, 0.25) is 0 Å². The molecule has 1 aromatic heterocycles. The average molecular weight is 293 g/mol. The second-order valence-corrected chi connectivity index (χ2v) is 5.21. The Balaban J connectivity index is 2.66. The standard InChI is InChI=1S/C15H27N5O/c1-5-8-17-12-10-13(20-15(19-12)11(3)4)18-9-7-14(21)16-6-2/h10-11H,5-9H2,1-4H3,(H,16,21)(H2,17,18,19,20). The maximum absolute atomic E-state index is 11.4. The summed E-state index contributed by atoms with van der Waals surface area (Å²) < 4.78 is 0. The fourth-order valence-electron chi connectivity index (χ4n) is 1.75. The fraction of sp³-hybridized carbons (Fsp3) is 0.667. The predicted molar refractivity (Wildman–Crippen MR) is 86.7 cm³/mol. The molecule has 0 radical (unpaired) electrons.